The zero-order valence-electron chi connectivity index (χ0n) is 9.91. The molecular formula is C11H14N4O3. The largest absolute Gasteiger partial charge is 0.389 e. The number of carbonyl (C=O) groups excluding carboxylic acids is 1. The topological polar surface area (TPSA) is 88.8 Å². The zero-order chi connectivity index (χ0) is 13.0. The first-order chi connectivity index (χ1) is 8.72. The molecule has 2 aromatic rings. The van der Waals surface area contributed by atoms with Gasteiger partial charge >= 0.3 is 0 Å². The lowest BCUT2D eigenvalue weighted by molar-refractivity contribution is 0.0610. The van der Waals surface area contributed by atoms with Crippen molar-refractivity contribution in [2.24, 2.45) is 0 Å². The number of aliphatic hydroxyl groups is 1. The Morgan fingerprint density at radius 3 is 3.22 bits per heavy atom. The Balaban J connectivity index is 2.05. The summed E-state index contributed by atoms with van der Waals surface area (Å²) in [5.74, 6) is -0.298. The first kappa shape index (κ1) is 12.5. The van der Waals surface area contributed by atoms with Gasteiger partial charge in [0.05, 0.1) is 36.2 Å². The van der Waals surface area contributed by atoms with Crippen molar-refractivity contribution >= 4 is 11.4 Å². The van der Waals surface area contributed by atoms with Gasteiger partial charge in [-0.25, -0.2) is 4.52 Å². The van der Waals surface area contributed by atoms with E-state index >= 15 is 0 Å². The maximum Gasteiger partial charge on any atom is 0.255 e. The molecule has 2 aromatic heterocycles. The number of amides is 1. The second-order valence-corrected chi connectivity index (χ2v) is 3.78. The highest BCUT2D eigenvalue weighted by Gasteiger charge is 2.13. The van der Waals surface area contributed by atoms with Gasteiger partial charge in [0, 0.05) is 26.0 Å². The first-order valence-electron chi connectivity index (χ1n) is 5.45. The van der Waals surface area contributed by atoms with E-state index in [1.54, 1.807) is 23.1 Å². The molecule has 0 radical (unpaired) electrons. The highest BCUT2D eigenvalue weighted by atomic mass is 16.5. The fraction of sp³-hybridized carbons (Fsp3) is 0.364. The van der Waals surface area contributed by atoms with E-state index in [0.717, 1.165) is 0 Å². The molecule has 0 aromatic carbocycles. The molecule has 0 saturated heterocycles. The highest BCUT2D eigenvalue weighted by molar-refractivity contribution is 6.00. The summed E-state index contributed by atoms with van der Waals surface area (Å²) in [6.07, 6.45) is 5.55. The maximum atomic E-state index is 11.9. The molecule has 1 atom stereocenters. The number of fused-ring (bicyclic) bond motifs is 1. The van der Waals surface area contributed by atoms with Crippen molar-refractivity contribution in [3.63, 3.8) is 0 Å². The predicted molar refractivity (Wildman–Crippen MR) is 63.2 cm³/mol. The van der Waals surface area contributed by atoms with Crippen LogP contribution in [0.4, 0.5) is 0 Å². The van der Waals surface area contributed by atoms with Crippen LogP contribution in [0.15, 0.2) is 24.8 Å². The van der Waals surface area contributed by atoms with Crippen LogP contribution in [0.3, 0.4) is 0 Å². The van der Waals surface area contributed by atoms with E-state index < -0.39 is 6.10 Å². The Hall–Kier alpha value is -1.99. The van der Waals surface area contributed by atoms with Gasteiger partial charge in [0.1, 0.15) is 0 Å². The first-order valence-corrected chi connectivity index (χ1v) is 5.45. The number of aliphatic hydroxyl groups excluding tert-OH is 1. The number of aromatic nitrogens is 3. The summed E-state index contributed by atoms with van der Waals surface area (Å²) in [4.78, 5) is 15.8. The van der Waals surface area contributed by atoms with Gasteiger partial charge in [-0.2, -0.15) is 5.10 Å². The Bertz CT molecular complexity index is 540. The summed E-state index contributed by atoms with van der Waals surface area (Å²) in [7, 11) is 1.49. The average Bonchev–Trinajstić information content (AvgIpc) is 2.80. The number of carbonyl (C=O) groups is 1. The van der Waals surface area contributed by atoms with Crippen LogP contribution in [0.5, 0.6) is 0 Å². The van der Waals surface area contributed by atoms with Crippen molar-refractivity contribution in [1.29, 1.82) is 0 Å². The van der Waals surface area contributed by atoms with Gasteiger partial charge in [-0.15, -0.1) is 0 Å². The van der Waals surface area contributed by atoms with Crippen LogP contribution in [0.2, 0.25) is 0 Å². The third-order valence-corrected chi connectivity index (χ3v) is 2.43. The number of rotatable bonds is 5. The van der Waals surface area contributed by atoms with Crippen LogP contribution >= 0.6 is 0 Å². The lowest BCUT2D eigenvalue weighted by Crippen LogP contribution is -2.34. The van der Waals surface area contributed by atoms with Crippen molar-refractivity contribution in [3.05, 3.63) is 30.4 Å². The molecule has 7 heteroatoms. The van der Waals surface area contributed by atoms with Crippen molar-refractivity contribution in [2.45, 2.75) is 6.10 Å². The maximum absolute atomic E-state index is 11.9. The standard InChI is InChI=1S/C11H14N4O3/c1-18-7-8(16)4-13-11(17)9-5-14-15-3-2-12-6-10(9)15/h2-3,5-6,8,16H,4,7H2,1H3,(H,13,17). The summed E-state index contributed by atoms with van der Waals surface area (Å²) in [6, 6.07) is 0. The van der Waals surface area contributed by atoms with E-state index in [1.807, 2.05) is 0 Å². The molecule has 1 unspecified atom stereocenters. The number of methoxy groups -OCH3 is 1. The quantitative estimate of drug-likeness (QED) is 0.744. The van der Waals surface area contributed by atoms with E-state index in [1.165, 1.54) is 13.3 Å². The number of hydrogen-bond donors (Lipinski definition) is 2. The summed E-state index contributed by atoms with van der Waals surface area (Å²) >= 11 is 0. The zero-order valence-corrected chi connectivity index (χ0v) is 9.91. The smallest absolute Gasteiger partial charge is 0.255 e. The highest BCUT2D eigenvalue weighted by Crippen LogP contribution is 2.07. The molecule has 1 amide bonds. The SMILES string of the molecule is COCC(O)CNC(=O)c1cnn2ccncc12. The second kappa shape index (κ2) is 5.56. The summed E-state index contributed by atoms with van der Waals surface area (Å²) in [5, 5.41) is 16.1. The third-order valence-electron chi connectivity index (χ3n) is 2.43. The van der Waals surface area contributed by atoms with Crippen LogP contribution in [0.1, 0.15) is 10.4 Å². The molecule has 0 aliphatic carbocycles. The van der Waals surface area contributed by atoms with E-state index in [4.69, 9.17) is 4.74 Å². The lowest BCUT2D eigenvalue weighted by atomic mass is 10.2. The van der Waals surface area contributed by atoms with E-state index in [-0.39, 0.29) is 19.1 Å². The monoisotopic (exact) mass is 250 g/mol. The van der Waals surface area contributed by atoms with Crippen LogP contribution in [0.25, 0.3) is 5.52 Å². The van der Waals surface area contributed by atoms with Gasteiger partial charge < -0.3 is 15.2 Å². The molecule has 96 valence electrons. The van der Waals surface area contributed by atoms with Crippen molar-refractivity contribution in [1.82, 2.24) is 19.9 Å². The summed E-state index contributed by atoms with van der Waals surface area (Å²) in [5.41, 5.74) is 1.05. The second-order valence-electron chi connectivity index (χ2n) is 3.78. The van der Waals surface area contributed by atoms with Crippen molar-refractivity contribution in [3.8, 4) is 0 Å². The lowest BCUT2D eigenvalue weighted by Gasteiger charge is -2.10. The van der Waals surface area contributed by atoms with Crippen LogP contribution in [0, 0.1) is 0 Å². The molecule has 2 N–H and O–H groups in total. The Morgan fingerprint density at radius 2 is 2.44 bits per heavy atom. The van der Waals surface area contributed by atoms with Crippen molar-refractivity contribution in [2.75, 3.05) is 20.3 Å². The Morgan fingerprint density at radius 1 is 1.61 bits per heavy atom. The summed E-state index contributed by atoms with van der Waals surface area (Å²) < 4.78 is 6.33. The molecule has 0 bridgehead atoms. The van der Waals surface area contributed by atoms with Gasteiger partial charge in [-0.3, -0.25) is 9.78 Å². The summed E-state index contributed by atoms with van der Waals surface area (Å²) in [6.45, 7) is 0.306. The minimum absolute atomic E-state index is 0.129. The number of hydrogen-bond acceptors (Lipinski definition) is 5. The van der Waals surface area contributed by atoms with E-state index in [0.29, 0.717) is 11.1 Å². The van der Waals surface area contributed by atoms with Crippen LogP contribution in [-0.2, 0) is 4.74 Å². The average molecular weight is 250 g/mol. The van der Waals surface area contributed by atoms with Gasteiger partial charge in [0.15, 0.2) is 0 Å². The fourth-order valence-corrected chi connectivity index (χ4v) is 1.57. The minimum Gasteiger partial charge on any atom is -0.389 e. The third kappa shape index (κ3) is 2.63. The fourth-order valence-electron chi connectivity index (χ4n) is 1.57. The van der Waals surface area contributed by atoms with Gasteiger partial charge in [0.25, 0.3) is 5.91 Å². The molecule has 0 aliphatic rings. The normalized spacial score (nSPS) is 12.6. The van der Waals surface area contributed by atoms with E-state index in [2.05, 4.69) is 15.4 Å². The molecule has 7 nitrogen and oxygen atoms in total. The van der Waals surface area contributed by atoms with E-state index in [9.17, 15) is 9.90 Å². The molecule has 2 rings (SSSR count). The molecule has 0 fully saturated rings. The molecule has 2 heterocycles. The Kier molecular flexibility index (Phi) is 3.85. The predicted octanol–water partition coefficient (Wildman–Crippen LogP) is -0.534. The number of nitrogens with one attached hydrogen (secondary N) is 1. The van der Waals surface area contributed by atoms with Gasteiger partial charge in [-0.1, -0.05) is 0 Å². The van der Waals surface area contributed by atoms with Gasteiger partial charge in [-0.05, 0) is 0 Å². The molecule has 0 spiro atoms. The molecule has 0 saturated carbocycles. The number of ether oxygens (including phenoxy) is 1. The molecule has 0 aliphatic heterocycles. The van der Waals surface area contributed by atoms with Crippen LogP contribution < -0.4 is 5.32 Å². The Labute approximate surface area is 103 Å². The number of nitrogens with zero attached hydrogens (tertiary/aromatic N) is 3. The van der Waals surface area contributed by atoms with Crippen LogP contribution in [-0.4, -0.2) is 52.0 Å². The molecule has 18 heavy (non-hydrogen) atoms. The van der Waals surface area contributed by atoms with Gasteiger partial charge in [0.2, 0.25) is 0 Å². The minimum atomic E-state index is -0.723. The van der Waals surface area contributed by atoms with Crippen molar-refractivity contribution < 1.29 is 14.6 Å². The molecular weight excluding hydrogens is 236 g/mol.